The third-order valence-electron chi connectivity index (χ3n) is 2.08. The maximum atomic E-state index is 11.8. The lowest BCUT2D eigenvalue weighted by Crippen LogP contribution is -2.20. The van der Waals surface area contributed by atoms with Crippen LogP contribution in [0.2, 0.25) is 0 Å². The van der Waals surface area contributed by atoms with Crippen molar-refractivity contribution in [2.45, 2.75) is 31.5 Å². The molecule has 0 bridgehead atoms. The second kappa shape index (κ2) is 5.45. The molecule has 1 heterocycles. The van der Waals surface area contributed by atoms with Gasteiger partial charge in [0.25, 0.3) is 0 Å². The molecular weight excluding hydrogens is 239 g/mol. The molecule has 6 heteroatoms. The van der Waals surface area contributed by atoms with E-state index < -0.39 is 18.6 Å². The molecule has 0 aliphatic rings. The summed E-state index contributed by atoms with van der Waals surface area (Å²) in [6, 6.07) is 2.67. The lowest BCUT2D eigenvalue weighted by Gasteiger charge is -2.09. The Bertz CT molecular complexity index is 334. The molecule has 0 aliphatic heterocycles. The number of carbonyl (C=O) groups is 1. The second-order valence-electron chi connectivity index (χ2n) is 3.43. The van der Waals surface area contributed by atoms with Gasteiger partial charge in [-0.05, 0) is 17.9 Å². The zero-order valence-corrected chi connectivity index (χ0v) is 9.27. The normalized spacial score (nSPS) is 13.8. The zero-order valence-electron chi connectivity index (χ0n) is 8.46. The first-order chi connectivity index (χ1) is 7.40. The van der Waals surface area contributed by atoms with Gasteiger partial charge in [-0.1, -0.05) is 6.07 Å². The summed E-state index contributed by atoms with van der Waals surface area (Å²) in [7, 11) is 0. The van der Waals surface area contributed by atoms with Crippen LogP contribution in [0.3, 0.4) is 0 Å². The number of alkyl halides is 3. The van der Waals surface area contributed by atoms with Crippen LogP contribution in [0, 0.1) is 0 Å². The lowest BCUT2D eigenvalue weighted by atomic mass is 10.1. The van der Waals surface area contributed by atoms with E-state index in [1.165, 1.54) is 11.3 Å². The topological polar surface area (TPSA) is 43.1 Å². The number of ketones is 1. The van der Waals surface area contributed by atoms with Crippen LogP contribution in [0.5, 0.6) is 0 Å². The fourth-order valence-electron chi connectivity index (χ4n) is 1.25. The van der Waals surface area contributed by atoms with Crippen molar-refractivity contribution < 1.29 is 18.0 Å². The van der Waals surface area contributed by atoms with E-state index in [1.54, 1.807) is 17.5 Å². The molecule has 1 rings (SSSR count). The zero-order chi connectivity index (χ0) is 12.2. The minimum atomic E-state index is -4.20. The van der Waals surface area contributed by atoms with Gasteiger partial charge in [-0.15, -0.1) is 11.3 Å². The number of Topliss-reactive ketones (excluding diaryl/α,β-unsaturated/α-hetero) is 1. The summed E-state index contributed by atoms with van der Waals surface area (Å²) in [4.78, 5) is 12.1. The minimum Gasteiger partial charge on any atom is -0.317 e. The van der Waals surface area contributed by atoms with E-state index in [1.807, 2.05) is 0 Å². The van der Waals surface area contributed by atoms with Crippen LogP contribution in [0.1, 0.15) is 30.2 Å². The van der Waals surface area contributed by atoms with Gasteiger partial charge in [0.05, 0.1) is 6.04 Å². The number of thiophene rings is 1. The van der Waals surface area contributed by atoms with Crippen molar-refractivity contribution >= 4 is 17.1 Å². The van der Waals surface area contributed by atoms with Gasteiger partial charge in [0, 0.05) is 17.7 Å². The molecule has 0 saturated carbocycles. The van der Waals surface area contributed by atoms with Crippen LogP contribution < -0.4 is 5.73 Å². The summed E-state index contributed by atoms with van der Waals surface area (Å²) in [6.07, 6.45) is -5.46. The Hall–Kier alpha value is -0.880. The smallest absolute Gasteiger partial charge is 0.317 e. The van der Waals surface area contributed by atoms with Gasteiger partial charge in [0.1, 0.15) is 0 Å². The quantitative estimate of drug-likeness (QED) is 0.874. The van der Waals surface area contributed by atoms with Crippen LogP contribution >= 0.6 is 11.3 Å². The van der Waals surface area contributed by atoms with Crippen LogP contribution in [0.4, 0.5) is 13.2 Å². The predicted molar refractivity (Wildman–Crippen MR) is 56.2 cm³/mol. The van der Waals surface area contributed by atoms with Crippen molar-refractivity contribution in [3.05, 3.63) is 22.4 Å². The molecule has 0 radical (unpaired) electrons. The Morgan fingerprint density at radius 1 is 1.50 bits per heavy atom. The molecule has 0 saturated heterocycles. The summed E-state index contributed by atoms with van der Waals surface area (Å²) < 4.78 is 35.5. The summed E-state index contributed by atoms with van der Waals surface area (Å²) in [5.41, 5.74) is 5.61. The summed E-state index contributed by atoms with van der Waals surface area (Å²) in [5, 5.41) is 1.78. The first-order valence-corrected chi connectivity index (χ1v) is 5.66. The fourth-order valence-corrected chi connectivity index (χ4v) is 1.99. The summed E-state index contributed by atoms with van der Waals surface area (Å²) in [5.74, 6) is -0.341. The number of hydrogen-bond acceptors (Lipinski definition) is 3. The molecule has 0 aliphatic carbocycles. The molecule has 1 aromatic heterocycles. The lowest BCUT2D eigenvalue weighted by molar-refractivity contribution is -0.137. The number of rotatable bonds is 5. The van der Waals surface area contributed by atoms with Gasteiger partial charge in [-0.25, -0.2) is 0 Å². The molecule has 2 nitrogen and oxygen atoms in total. The molecule has 1 aromatic rings. The molecule has 0 spiro atoms. The highest BCUT2D eigenvalue weighted by Crippen LogP contribution is 2.24. The average molecular weight is 251 g/mol. The van der Waals surface area contributed by atoms with E-state index in [0.717, 1.165) is 0 Å². The van der Waals surface area contributed by atoms with Gasteiger partial charge >= 0.3 is 6.18 Å². The Balaban J connectivity index is 2.36. The Labute approximate surface area is 95.3 Å². The maximum Gasteiger partial charge on any atom is 0.389 e. The van der Waals surface area contributed by atoms with Crippen molar-refractivity contribution in [3.8, 4) is 0 Å². The van der Waals surface area contributed by atoms with E-state index in [0.29, 0.717) is 4.88 Å². The average Bonchev–Trinajstić information content (AvgIpc) is 2.67. The number of halogens is 3. The maximum absolute atomic E-state index is 11.8. The molecule has 1 atom stereocenters. The SMILES string of the molecule is NC(C(=O)CCCC(F)(F)F)c1cccs1. The van der Waals surface area contributed by atoms with E-state index >= 15 is 0 Å². The van der Waals surface area contributed by atoms with Gasteiger partial charge in [0.15, 0.2) is 5.78 Å². The molecule has 16 heavy (non-hydrogen) atoms. The van der Waals surface area contributed by atoms with Gasteiger partial charge in [0.2, 0.25) is 0 Å². The van der Waals surface area contributed by atoms with Crippen LogP contribution in [0.25, 0.3) is 0 Å². The van der Waals surface area contributed by atoms with Crippen LogP contribution in [0.15, 0.2) is 17.5 Å². The van der Waals surface area contributed by atoms with E-state index in [4.69, 9.17) is 5.73 Å². The number of carbonyl (C=O) groups excluding carboxylic acids is 1. The standard InChI is InChI=1S/C10H12F3NOS/c11-10(12,13)5-1-3-7(15)9(14)8-4-2-6-16-8/h2,4,6,9H,1,3,5,14H2. The van der Waals surface area contributed by atoms with Crippen LogP contribution in [-0.4, -0.2) is 12.0 Å². The Morgan fingerprint density at radius 3 is 2.69 bits per heavy atom. The highest BCUT2D eigenvalue weighted by molar-refractivity contribution is 7.10. The van der Waals surface area contributed by atoms with Crippen molar-refractivity contribution in [1.29, 1.82) is 0 Å². The third-order valence-corrected chi connectivity index (χ3v) is 3.04. The molecule has 2 N–H and O–H groups in total. The fraction of sp³-hybridized carbons (Fsp3) is 0.500. The molecular formula is C10H12F3NOS. The van der Waals surface area contributed by atoms with Crippen molar-refractivity contribution in [2.75, 3.05) is 0 Å². The molecule has 0 fully saturated rings. The largest absolute Gasteiger partial charge is 0.389 e. The molecule has 90 valence electrons. The van der Waals surface area contributed by atoms with E-state index in [2.05, 4.69) is 0 Å². The molecule has 0 amide bonds. The Morgan fingerprint density at radius 2 is 2.19 bits per heavy atom. The van der Waals surface area contributed by atoms with Crippen molar-refractivity contribution in [3.63, 3.8) is 0 Å². The third kappa shape index (κ3) is 4.32. The molecule has 0 aromatic carbocycles. The highest BCUT2D eigenvalue weighted by atomic mass is 32.1. The Kier molecular flexibility index (Phi) is 4.49. The van der Waals surface area contributed by atoms with Crippen LogP contribution in [-0.2, 0) is 4.79 Å². The van der Waals surface area contributed by atoms with E-state index in [-0.39, 0.29) is 18.6 Å². The summed E-state index contributed by atoms with van der Waals surface area (Å²) in [6.45, 7) is 0. The predicted octanol–water partition coefficient (Wildman–Crippen LogP) is 3.05. The minimum absolute atomic E-state index is 0.126. The first kappa shape index (κ1) is 13.2. The highest BCUT2D eigenvalue weighted by Gasteiger charge is 2.27. The monoisotopic (exact) mass is 251 g/mol. The van der Waals surface area contributed by atoms with Gasteiger partial charge in [-0.2, -0.15) is 13.2 Å². The van der Waals surface area contributed by atoms with Crippen molar-refractivity contribution in [2.24, 2.45) is 5.73 Å². The van der Waals surface area contributed by atoms with E-state index in [9.17, 15) is 18.0 Å². The summed E-state index contributed by atoms with van der Waals surface area (Å²) >= 11 is 1.33. The molecule has 1 unspecified atom stereocenters. The number of hydrogen-bond donors (Lipinski definition) is 1. The van der Waals surface area contributed by atoms with Gasteiger partial charge < -0.3 is 5.73 Å². The van der Waals surface area contributed by atoms with Gasteiger partial charge in [-0.3, -0.25) is 4.79 Å². The second-order valence-corrected chi connectivity index (χ2v) is 4.41. The first-order valence-electron chi connectivity index (χ1n) is 4.78. The van der Waals surface area contributed by atoms with Crippen molar-refractivity contribution in [1.82, 2.24) is 0 Å². The number of nitrogens with two attached hydrogens (primary N) is 1.